The third-order valence-corrected chi connectivity index (χ3v) is 7.61. The molecule has 1 aliphatic heterocycles. The SMILES string of the molecule is CCCCOC(=O)C1C(C)=NC2=C(C(=O)C[C@@H](c3ccc(OC)c(OC)c3)C2)[C@H]1c1ccc(OCC)c(OC)c1. The van der Waals surface area contributed by atoms with Gasteiger partial charge in [0, 0.05) is 29.3 Å². The number of hydrogen-bond donors (Lipinski definition) is 0. The number of nitrogens with zero attached hydrogens (tertiary/aromatic N) is 1. The molecule has 214 valence electrons. The molecule has 0 spiro atoms. The molecule has 2 aromatic rings. The number of allylic oxidation sites excluding steroid dienone is 2. The molecule has 0 aromatic heterocycles. The lowest BCUT2D eigenvalue weighted by Crippen LogP contribution is -2.38. The van der Waals surface area contributed by atoms with Crippen molar-refractivity contribution in [1.29, 1.82) is 0 Å². The number of benzene rings is 2. The van der Waals surface area contributed by atoms with Gasteiger partial charge in [-0.15, -0.1) is 0 Å². The zero-order valence-corrected chi connectivity index (χ0v) is 24.2. The van der Waals surface area contributed by atoms with Crippen molar-refractivity contribution >= 4 is 17.5 Å². The van der Waals surface area contributed by atoms with Crippen molar-refractivity contribution in [2.45, 2.75) is 58.3 Å². The zero-order chi connectivity index (χ0) is 28.8. The van der Waals surface area contributed by atoms with E-state index in [0.717, 1.165) is 24.0 Å². The highest BCUT2D eigenvalue weighted by atomic mass is 16.5. The van der Waals surface area contributed by atoms with Gasteiger partial charge in [-0.1, -0.05) is 25.5 Å². The van der Waals surface area contributed by atoms with E-state index in [-0.39, 0.29) is 17.7 Å². The fourth-order valence-corrected chi connectivity index (χ4v) is 5.63. The van der Waals surface area contributed by atoms with Gasteiger partial charge in [-0.25, -0.2) is 0 Å². The molecule has 0 amide bonds. The highest BCUT2D eigenvalue weighted by Gasteiger charge is 2.45. The number of carbonyl (C=O) groups excluding carboxylic acids is 2. The van der Waals surface area contributed by atoms with Gasteiger partial charge < -0.3 is 23.7 Å². The van der Waals surface area contributed by atoms with Gasteiger partial charge in [0.05, 0.1) is 34.5 Å². The lowest BCUT2D eigenvalue weighted by atomic mass is 9.69. The molecule has 0 fully saturated rings. The van der Waals surface area contributed by atoms with Crippen LogP contribution in [0.3, 0.4) is 0 Å². The monoisotopic (exact) mass is 549 g/mol. The molecule has 0 saturated heterocycles. The van der Waals surface area contributed by atoms with Crippen LogP contribution in [0.25, 0.3) is 0 Å². The summed E-state index contributed by atoms with van der Waals surface area (Å²) in [6.45, 7) is 6.62. The molecule has 0 radical (unpaired) electrons. The van der Waals surface area contributed by atoms with Crippen LogP contribution in [0.2, 0.25) is 0 Å². The van der Waals surface area contributed by atoms with Crippen LogP contribution in [0.1, 0.15) is 69.4 Å². The van der Waals surface area contributed by atoms with Crippen LogP contribution < -0.4 is 18.9 Å². The van der Waals surface area contributed by atoms with E-state index in [4.69, 9.17) is 28.7 Å². The minimum Gasteiger partial charge on any atom is -0.493 e. The molecule has 2 aliphatic rings. The lowest BCUT2D eigenvalue weighted by Gasteiger charge is -2.36. The molecule has 0 N–H and O–H groups in total. The summed E-state index contributed by atoms with van der Waals surface area (Å²) in [4.78, 5) is 32.3. The number of aliphatic imine (C=N–C) groups is 1. The van der Waals surface area contributed by atoms with Crippen LogP contribution in [0.15, 0.2) is 52.7 Å². The van der Waals surface area contributed by atoms with Crippen LogP contribution in [0.5, 0.6) is 23.0 Å². The number of esters is 1. The number of ketones is 1. The Hall–Kier alpha value is -3.81. The molecule has 8 heteroatoms. The average molecular weight is 550 g/mol. The van der Waals surface area contributed by atoms with Crippen LogP contribution in [0, 0.1) is 5.92 Å². The fraction of sp³-hybridized carbons (Fsp3) is 0.469. The van der Waals surface area contributed by atoms with E-state index in [2.05, 4.69) is 0 Å². The second-order valence-corrected chi connectivity index (χ2v) is 10.1. The Labute approximate surface area is 236 Å². The summed E-state index contributed by atoms with van der Waals surface area (Å²) in [5.41, 5.74) is 3.69. The normalized spacial score (nSPS) is 20.4. The lowest BCUT2D eigenvalue weighted by molar-refractivity contribution is -0.146. The van der Waals surface area contributed by atoms with Crippen molar-refractivity contribution in [1.82, 2.24) is 0 Å². The van der Waals surface area contributed by atoms with Gasteiger partial charge in [0.25, 0.3) is 0 Å². The van der Waals surface area contributed by atoms with Gasteiger partial charge in [-0.2, -0.15) is 0 Å². The maximum Gasteiger partial charge on any atom is 0.315 e. The van der Waals surface area contributed by atoms with Crippen molar-refractivity contribution in [3.8, 4) is 23.0 Å². The second kappa shape index (κ2) is 13.0. The Balaban J connectivity index is 1.78. The molecule has 4 rings (SSSR count). The van der Waals surface area contributed by atoms with Crippen molar-refractivity contribution in [2.75, 3.05) is 34.5 Å². The number of ether oxygens (including phenoxy) is 5. The number of Topliss-reactive ketones (excluding diaryl/α,β-unsaturated/α-hetero) is 1. The molecule has 0 saturated carbocycles. The van der Waals surface area contributed by atoms with Crippen LogP contribution >= 0.6 is 0 Å². The van der Waals surface area contributed by atoms with E-state index < -0.39 is 11.8 Å². The van der Waals surface area contributed by atoms with E-state index in [1.807, 2.05) is 57.2 Å². The largest absolute Gasteiger partial charge is 0.493 e. The van der Waals surface area contributed by atoms with Crippen LogP contribution in [-0.2, 0) is 14.3 Å². The third kappa shape index (κ3) is 5.86. The first-order valence-corrected chi connectivity index (χ1v) is 13.9. The minimum atomic E-state index is -0.708. The van der Waals surface area contributed by atoms with Gasteiger partial charge in [0.1, 0.15) is 5.92 Å². The van der Waals surface area contributed by atoms with Gasteiger partial charge in [-0.05, 0) is 68.0 Å². The van der Waals surface area contributed by atoms with E-state index in [0.29, 0.717) is 66.0 Å². The summed E-state index contributed by atoms with van der Waals surface area (Å²) in [6.07, 6.45) is 2.55. The van der Waals surface area contributed by atoms with Gasteiger partial charge in [-0.3, -0.25) is 14.6 Å². The predicted molar refractivity (Wildman–Crippen MR) is 153 cm³/mol. The molecule has 1 aliphatic carbocycles. The fourth-order valence-electron chi connectivity index (χ4n) is 5.63. The number of unbranched alkanes of at least 4 members (excludes halogenated alkanes) is 1. The van der Waals surface area contributed by atoms with Crippen molar-refractivity contribution in [2.24, 2.45) is 10.9 Å². The quantitative estimate of drug-likeness (QED) is 0.250. The molecule has 1 unspecified atom stereocenters. The van der Waals surface area contributed by atoms with Crippen LogP contribution in [-0.4, -0.2) is 52.0 Å². The molecule has 0 bridgehead atoms. The zero-order valence-electron chi connectivity index (χ0n) is 24.2. The summed E-state index contributed by atoms with van der Waals surface area (Å²) < 4.78 is 27.9. The Kier molecular flexibility index (Phi) is 9.50. The summed E-state index contributed by atoms with van der Waals surface area (Å²) in [5, 5.41) is 0. The van der Waals surface area contributed by atoms with E-state index in [1.54, 1.807) is 21.3 Å². The van der Waals surface area contributed by atoms with Crippen molar-refractivity contribution in [3.63, 3.8) is 0 Å². The van der Waals surface area contributed by atoms with E-state index in [1.165, 1.54) is 0 Å². The maximum atomic E-state index is 13.9. The number of rotatable bonds is 11. The topological polar surface area (TPSA) is 92.7 Å². The predicted octanol–water partition coefficient (Wildman–Crippen LogP) is 6.03. The number of carbonyl (C=O) groups is 2. The summed E-state index contributed by atoms with van der Waals surface area (Å²) in [7, 11) is 4.77. The van der Waals surface area contributed by atoms with Gasteiger partial charge >= 0.3 is 5.97 Å². The smallest absolute Gasteiger partial charge is 0.315 e. The van der Waals surface area contributed by atoms with E-state index >= 15 is 0 Å². The molecular weight excluding hydrogens is 510 g/mol. The average Bonchev–Trinajstić information content (AvgIpc) is 2.96. The first-order valence-electron chi connectivity index (χ1n) is 13.9. The Morgan fingerprint density at radius 1 is 0.900 bits per heavy atom. The number of methoxy groups -OCH3 is 3. The van der Waals surface area contributed by atoms with Crippen molar-refractivity contribution < 1.29 is 33.3 Å². The van der Waals surface area contributed by atoms with Crippen LogP contribution in [0.4, 0.5) is 0 Å². The maximum absolute atomic E-state index is 13.9. The Morgan fingerprint density at radius 3 is 2.23 bits per heavy atom. The molecule has 40 heavy (non-hydrogen) atoms. The van der Waals surface area contributed by atoms with Gasteiger partial charge in [0.15, 0.2) is 28.8 Å². The van der Waals surface area contributed by atoms with E-state index in [9.17, 15) is 9.59 Å². The Morgan fingerprint density at radius 2 is 1.55 bits per heavy atom. The minimum absolute atomic E-state index is 0.0264. The van der Waals surface area contributed by atoms with Gasteiger partial charge in [0.2, 0.25) is 0 Å². The highest BCUT2D eigenvalue weighted by Crippen LogP contribution is 2.48. The Bertz CT molecular complexity index is 1310. The number of hydrogen-bond acceptors (Lipinski definition) is 8. The molecule has 8 nitrogen and oxygen atoms in total. The molecule has 3 atom stereocenters. The first-order chi connectivity index (χ1) is 19.4. The standard InChI is InChI=1S/C32H39NO7/c1-7-9-14-40-32(35)29-19(3)33-23-15-22(20-10-12-25(36-4)27(17-20)37-5)16-24(34)31(23)30(29)21-11-13-26(39-8-2)28(18-21)38-6/h10-13,17-18,22,29-30H,7-9,14-16H2,1-6H3/t22-,29?,30-/m0/s1. The van der Waals surface area contributed by atoms with Crippen molar-refractivity contribution in [3.05, 3.63) is 58.8 Å². The third-order valence-electron chi connectivity index (χ3n) is 7.61. The molecular formula is C32H39NO7. The summed E-state index contributed by atoms with van der Waals surface area (Å²) in [6, 6.07) is 11.3. The second-order valence-electron chi connectivity index (χ2n) is 10.1. The first kappa shape index (κ1) is 29.2. The summed E-state index contributed by atoms with van der Waals surface area (Å²) >= 11 is 0. The molecule has 1 heterocycles. The highest BCUT2D eigenvalue weighted by molar-refractivity contribution is 6.09. The summed E-state index contributed by atoms with van der Waals surface area (Å²) in [5.74, 6) is 0.686. The molecule has 2 aromatic carbocycles.